The number of hydrogen-bond donors (Lipinski definition) is 2. The molecule has 2 N–H and O–H groups in total. The van der Waals surface area contributed by atoms with E-state index in [2.05, 4.69) is 46.1 Å². The van der Waals surface area contributed by atoms with Gasteiger partial charge in [0.1, 0.15) is 10.6 Å². The molecule has 0 saturated carbocycles. The lowest BCUT2D eigenvalue weighted by atomic mass is 9.97. The van der Waals surface area contributed by atoms with E-state index in [9.17, 15) is 13.2 Å². The summed E-state index contributed by atoms with van der Waals surface area (Å²) in [5.74, 6) is 0.273. The Labute approximate surface area is 187 Å². The van der Waals surface area contributed by atoms with Gasteiger partial charge in [-0.1, -0.05) is 41.4 Å². The van der Waals surface area contributed by atoms with Gasteiger partial charge in [-0.3, -0.25) is 9.69 Å². The van der Waals surface area contributed by atoms with Crippen molar-refractivity contribution in [3.8, 4) is 5.75 Å². The number of nitrogens with zero attached hydrogens (tertiary/aromatic N) is 1. The van der Waals surface area contributed by atoms with Gasteiger partial charge < -0.3 is 10.1 Å². The van der Waals surface area contributed by atoms with Gasteiger partial charge >= 0.3 is 0 Å². The maximum Gasteiger partial charge on any atom is 0.262 e. The van der Waals surface area contributed by atoms with Crippen molar-refractivity contribution in [3.05, 3.63) is 52.5 Å². The smallest absolute Gasteiger partial charge is 0.262 e. The SMILES string of the molecule is Cc1cccc(CN2CCC(CNS(=O)(=O)c3cc4c(cc3Cl)NC(=O)CO4)CC2)c1. The van der Waals surface area contributed by atoms with Crippen LogP contribution in [0.1, 0.15) is 24.0 Å². The quantitative estimate of drug-likeness (QED) is 0.687. The van der Waals surface area contributed by atoms with Gasteiger partial charge in [0.25, 0.3) is 5.91 Å². The summed E-state index contributed by atoms with van der Waals surface area (Å²) in [5.41, 5.74) is 2.94. The van der Waals surface area contributed by atoms with Gasteiger partial charge in [-0.15, -0.1) is 0 Å². The summed E-state index contributed by atoms with van der Waals surface area (Å²) < 4.78 is 33.7. The lowest BCUT2D eigenvalue weighted by molar-refractivity contribution is -0.118. The number of carbonyl (C=O) groups is 1. The van der Waals surface area contributed by atoms with Gasteiger partial charge in [-0.2, -0.15) is 0 Å². The molecule has 4 rings (SSSR count). The minimum absolute atomic E-state index is 0.0408. The minimum atomic E-state index is -3.79. The second kappa shape index (κ2) is 9.16. The zero-order valence-corrected chi connectivity index (χ0v) is 18.9. The van der Waals surface area contributed by atoms with Gasteiger partial charge in [0.05, 0.1) is 10.7 Å². The van der Waals surface area contributed by atoms with Crippen molar-refractivity contribution >= 4 is 33.2 Å². The van der Waals surface area contributed by atoms with Crippen LogP contribution in [-0.2, 0) is 21.4 Å². The maximum atomic E-state index is 12.8. The van der Waals surface area contributed by atoms with E-state index in [1.807, 2.05) is 0 Å². The van der Waals surface area contributed by atoms with Crippen molar-refractivity contribution < 1.29 is 17.9 Å². The molecule has 0 bridgehead atoms. The number of ether oxygens (including phenoxy) is 1. The summed E-state index contributed by atoms with van der Waals surface area (Å²) in [7, 11) is -3.79. The standard InChI is InChI=1S/C22H26ClN3O4S/c1-15-3-2-4-17(9-15)13-26-7-5-16(6-8-26)12-24-31(28,29)21-11-20-19(10-18(21)23)25-22(27)14-30-20/h2-4,9-11,16,24H,5-8,12-14H2,1H3,(H,25,27). The number of carbonyl (C=O) groups excluding carboxylic acids is 1. The highest BCUT2D eigenvalue weighted by Gasteiger charge is 2.26. The van der Waals surface area contributed by atoms with Crippen molar-refractivity contribution in [1.29, 1.82) is 0 Å². The summed E-state index contributed by atoms with van der Waals surface area (Å²) >= 11 is 6.19. The predicted molar refractivity (Wildman–Crippen MR) is 120 cm³/mol. The number of fused-ring (bicyclic) bond motifs is 1. The third-order valence-electron chi connectivity index (χ3n) is 5.71. The lowest BCUT2D eigenvalue weighted by Gasteiger charge is -2.32. The molecular formula is C22H26ClN3O4S. The van der Waals surface area contributed by atoms with Crippen LogP contribution in [0.3, 0.4) is 0 Å². The molecule has 2 aliphatic rings. The van der Waals surface area contributed by atoms with Crippen LogP contribution in [0.4, 0.5) is 5.69 Å². The van der Waals surface area contributed by atoms with Gasteiger partial charge in [-0.05, 0) is 50.4 Å². The maximum absolute atomic E-state index is 12.8. The first kappa shape index (κ1) is 22.1. The van der Waals surface area contributed by atoms with Crippen molar-refractivity contribution in [3.63, 3.8) is 0 Å². The van der Waals surface area contributed by atoms with E-state index in [1.54, 1.807) is 0 Å². The molecule has 1 saturated heterocycles. The number of benzene rings is 2. The predicted octanol–water partition coefficient (Wildman–Crippen LogP) is 3.17. The van der Waals surface area contributed by atoms with Gasteiger partial charge in [-0.25, -0.2) is 13.1 Å². The third kappa shape index (κ3) is 5.38. The highest BCUT2D eigenvalue weighted by atomic mass is 35.5. The molecule has 1 amide bonds. The van der Waals surface area contributed by atoms with Crippen molar-refractivity contribution in [2.75, 3.05) is 31.6 Å². The second-order valence-electron chi connectivity index (χ2n) is 8.18. The molecule has 0 aliphatic carbocycles. The Hall–Kier alpha value is -2.13. The molecule has 0 radical (unpaired) electrons. The second-order valence-corrected chi connectivity index (χ2v) is 10.3. The zero-order chi connectivity index (χ0) is 22.0. The fraction of sp³-hybridized carbons (Fsp3) is 0.409. The molecule has 166 valence electrons. The summed E-state index contributed by atoms with van der Waals surface area (Å²) in [6.45, 7) is 5.11. The average Bonchev–Trinajstić information content (AvgIpc) is 2.72. The Morgan fingerprint density at radius 2 is 2.00 bits per heavy atom. The van der Waals surface area contributed by atoms with Crippen molar-refractivity contribution in [2.45, 2.75) is 31.2 Å². The summed E-state index contributed by atoms with van der Waals surface area (Å²) in [4.78, 5) is 13.8. The lowest BCUT2D eigenvalue weighted by Crippen LogP contribution is -2.38. The van der Waals surface area contributed by atoms with Crippen LogP contribution in [0, 0.1) is 12.8 Å². The normalized spacial score (nSPS) is 17.7. The number of hydrogen-bond acceptors (Lipinski definition) is 5. The van der Waals surface area contributed by atoms with E-state index in [4.69, 9.17) is 16.3 Å². The van der Waals surface area contributed by atoms with E-state index in [0.29, 0.717) is 18.0 Å². The van der Waals surface area contributed by atoms with Gasteiger partial charge in [0, 0.05) is 19.2 Å². The number of anilines is 1. The third-order valence-corrected chi connectivity index (χ3v) is 7.60. The number of piperidine rings is 1. The largest absolute Gasteiger partial charge is 0.482 e. The monoisotopic (exact) mass is 463 g/mol. The number of nitrogens with one attached hydrogen (secondary N) is 2. The van der Waals surface area contributed by atoms with Crippen LogP contribution in [0.5, 0.6) is 5.75 Å². The molecule has 1 fully saturated rings. The topological polar surface area (TPSA) is 87.7 Å². The van der Waals surface area contributed by atoms with E-state index in [0.717, 1.165) is 32.5 Å². The number of aryl methyl sites for hydroxylation is 1. The molecule has 7 nitrogen and oxygen atoms in total. The molecule has 0 aromatic heterocycles. The van der Waals surface area contributed by atoms with Crippen LogP contribution in [0.15, 0.2) is 41.3 Å². The van der Waals surface area contributed by atoms with Crippen LogP contribution in [-0.4, -0.2) is 45.5 Å². The first-order valence-corrected chi connectivity index (χ1v) is 12.2. The summed E-state index contributed by atoms with van der Waals surface area (Å²) in [6, 6.07) is 11.3. The molecule has 2 aromatic carbocycles. The van der Waals surface area contributed by atoms with E-state index < -0.39 is 10.0 Å². The van der Waals surface area contributed by atoms with E-state index in [1.165, 1.54) is 23.3 Å². The van der Waals surface area contributed by atoms with Crippen LogP contribution in [0.25, 0.3) is 0 Å². The summed E-state index contributed by atoms with van der Waals surface area (Å²) in [6.07, 6.45) is 1.86. The fourth-order valence-electron chi connectivity index (χ4n) is 4.01. The molecule has 31 heavy (non-hydrogen) atoms. The highest BCUT2D eigenvalue weighted by molar-refractivity contribution is 7.89. The zero-order valence-electron chi connectivity index (χ0n) is 17.4. The first-order chi connectivity index (χ1) is 14.8. The highest BCUT2D eigenvalue weighted by Crippen LogP contribution is 2.35. The van der Waals surface area contributed by atoms with Crippen molar-refractivity contribution in [1.82, 2.24) is 9.62 Å². The van der Waals surface area contributed by atoms with Crippen LogP contribution < -0.4 is 14.8 Å². The number of sulfonamides is 1. The Morgan fingerprint density at radius 1 is 1.23 bits per heavy atom. The van der Waals surface area contributed by atoms with E-state index in [-0.39, 0.29) is 28.4 Å². The minimum Gasteiger partial charge on any atom is -0.482 e. The Balaban J connectivity index is 1.33. The fourth-order valence-corrected chi connectivity index (χ4v) is 5.67. The number of likely N-dealkylation sites (tertiary alicyclic amines) is 1. The molecule has 2 aromatic rings. The Bertz CT molecular complexity index is 1080. The van der Waals surface area contributed by atoms with Gasteiger partial charge in [0.15, 0.2) is 6.61 Å². The summed E-state index contributed by atoms with van der Waals surface area (Å²) in [5, 5.41) is 2.67. The number of amides is 1. The van der Waals surface area contributed by atoms with Crippen LogP contribution >= 0.6 is 11.6 Å². The first-order valence-electron chi connectivity index (χ1n) is 10.3. The van der Waals surface area contributed by atoms with Gasteiger partial charge in [0.2, 0.25) is 10.0 Å². The Kier molecular flexibility index (Phi) is 6.52. The molecule has 0 spiro atoms. The van der Waals surface area contributed by atoms with Crippen molar-refractivity contribution in [2.24, 2.45) is 5.92 Å². The molecule has 0 unspecified atom stereocenters. The number of rotatable bonds is 6. The number of halogens is 1. The molecule has 9 heteroatoms. The Morgan fingerprint density at radius 3 is 2.74 bits per heavy atom. The molecule has 0 atom stereocenters. The van der Waals surface area contributed by atoms with Crippen LogP contribution in [0.2, 0.25) is 5.02 Å². The molecular weight excluding hydrogens is 438 g/mol. The molecule has 2 heterocycles. The molecule has 2 aliphatic heterocycles. The van der Waals surface area contributed by atoms with E-state index >= 15 is 0 Å². The average molecular weight is 464 g/mol.